The average Bonchev–Trinajstić information content (AvgIpc) is 2.46. The first-order valence-corrected chi connectivity index (χ1v) is 7.72. The summed E-state index contributed by atoms with van der Waals surface area (Å²) in [5.41, 5.74) is 3.89. The van der Waals surface area contributed by atoms with Gasteiger partial charge in [-0.05, 0) is 48.6 Å². The van der Waals surface area contributed by atoms with E-state index in [0.717, 1.165) is 36.3 Å². The van der Waals surface area contributed by atoms with Gasteiger partial charge in [-0.1, -0.05) is 40.2 Å². The predicted molar refractivity (Wildman–Crippen MR) is 82.2 cm³/mol. The first-order valence-electron chi connectivity index (χ1n) is 6.81. The number of rotatable bonds is 2. The minimum absolute atomic E-state index is 0.129. The van der Waals surface area contributed by atoms with Crippen molar-refractivity contribution in [1.29, 1.82) is 0 Å². The number of hydrogen-bond acceptors (Lipinski definition) is 1. The van der Waals surface area contributed by atoms with E-state index < -0.39 is 0 Å². The third-order valence-electron chi connectivity index (χ3n) is 3.65. The van der Waals surface area contributed by atoms with E-state index in [1.165, 1.54) is 5.56 Å². The van der Waals surface area contributed by atoms with Crippen LogP contribution in [0.2, 0.25) is 0 Å². The van der Waals surface area contributed by atoms with Gasteiger partial charge in [0.2, 0.25) is 0 Å². The number of alkyl halides is 1. The highest BCUT2D eigenvalue weighted by molar-refractivity contribution is 9.09. The summed E-state index contributed by atoms with van der Waals surface area (Å²) in [5, 5.41) is 0. The predicted octanol–water partition coefficient (Wildman–Crippen LogP) is 4.94. The third-order valence-corrected chi connectivity index (χ3v) is 4.68. The summed E-state index contributed by atoms with van der Waals surface area (Å²) in [6.07, 6.45) is 2.07. The van der Waals surface area contributed by atoms with E-state index in [2.05, 4.69) is 22.0 Å². The molecule has 2 aromatic rings. The number of fused-ring (bicyclic) bond motifs is 1. The highest BCUT2D eigenvalue weighted by Crippen LogP contribution is 2.36. The van der Waals surface area contributed by atoms with Crippen molar-refractivity contribution in [3.8, 4) is 5.75 Å². The second-order valence-corrected chi connectivity index (χ2v) is 6.12. The van der Waals surface area contributed by atoms with Crippen LogP contribution in [0.25, 0.3) is 0 Å². The van der Waals surface area contributed by atoms with Crippen LogP contribution in [0.3, 0.4) is 0 Å². The lowest BCUT2D eigenvalue weighted by atomic mass is 9.98. The number of ether oxygens (including phenoxy) is 1. The van der Waals surface area contributed by atoms with Crippen molar-refractivity contribution < 1.29 is 9.13 Å². The Bertz CT molecular complexity index is 639. The van der Waals surface area contributed by atoms with Crippen molar-refractivity contribution in [2.45, 2.75) is 24.6 Å². The minimum atomic E-state index is -0.166. The summed E-state index contributed by atoms with van der Waals surface area (Å²) in [6.45, 7) is 2.68. The van der Waals surface area contributed by atoms with Gasteiger partial charge in [0.25, 0.3) is 0 Å². The fraction of sp³-hybridized carbons (Fsp3) is 0.294. The van der Waals surface area contributed by atoms with Crippen molar-refractivity contribution in [3.63, 3.8) is 0 Å². The van der Waals surface area contributed by atoms with Gasteiger partial charge in [0, 0.05) is 5.56 Å². The lowest BCUT2D eigenvalue weighted by Gasteiger charge is -2.20. The fourth-order valence-electron chi connectivity index (χ4n) is 2.56. The van der Waals surface area contributed by atoms with E-state index >= 15 is 0 Å². The maximum absolute atomic E-state index is 14.1. The van der Waals surface area contributed by atoms with E-state index in [1.807, 2.05) is 31.2 Å². The number of halogens is 2. The van der Waals surface area contributed by atoms with Gasteiger partial charge in [0.1, 0.15) is 11.6 Å². The molecule has 0 bridgehead atoms. The molecule has 0 aliphatic carbocycles. The van der Waals surface area contributed by atoms with Crippen molar-refractivity contribution >= 4 is 15.9 Å². The van der Waals surface area contributed by atoms with Gasteiger partial charge < -0.3 is 4.74 Å². The molecule has 0 spiro atoms. The van der Waals surface area contributed by atoms with Crippen molar-refractivity contribution in [2.24, 2.45) is 0 Å². The molecule has 1 nitrogen and oxygen atoms in total. The molecule has 0 fully saturated rings. The highest BCUT2D eigenvalue weighted by atomic mass is 79.9. The maximum Gasteiger partial charge on any atom is 0.128 e. The van der Waals surface area contributed by atoms with Crippen LogP contribution in [-0.2, 0) is 6.42 Å². The zero-order chi connectivity index (χ0) is 14.1. The van der Waals surface area contributed by atoms with E-state index in [0.29, 0.717) is 5.56 Å². The summed E-state index contributed by atoms with van der Waals surface area (Å²) in [4.78, 5) is -0.129. The van der Waals surface area contributed by atoms with Crippen molar-refractivity contribution in [1.82, 2.24) is 0 Å². The smallest absolute Gasteiger partial charge is 0.128 e. The van der Waals surface area contributed by atoms with Gasteiger partial charge in [-0.2, -0.15) is 0 Å². The summed E-state index contributed by atoms with van der Waals surface area (Å²) >= 11 is 3.62. The molecule has 0 amide bonds. The Labute approximate surface area is 126 Å². The van der Waals surface area contributed by atoms with Crippen LogP contribution in [0, 0.1) is 12.7 Å². The van der Waals surface area contributed by atoms with Gasteiger partial charge >= 0.3 is 0 Å². The SMILES string of the molecule is Cc1ccc(C(Br)c2ccc3c(c2)CCCO3)c(F)c1. The molecule has 3 heteroatoms. The van der Waals surface area contributed by atoms with Crippen LogP contribution in [-0.4, -0.2) is 6.61 Å². The van der Waals surface area contributed by atoms with Crippen LogP contribution in [0.15, 0.2) is 36.4 Å². The van der Waals surface area contributed by atoms with Gasteiger partial charge in [0.05, 0.1) is 11.4 Å². The fourth-order valence-corrected chi connectivity index (χ4v) is 3.21. The van der Waals surface area contributed by atoms with E-state index in [-0.39, 0.29) is 10.6 Å². The quantitative estimate of drug-likeness (QED) is 0.706. The number of hydrogen-bond donors (Lipinski definition) is 0. The van der Waals surface area contributed by atoms with Crippen LogP contribution in [0.5, 0.6) is 5.75 Å². The Balaban J connectivity index is 1.95. The lowest BCUT2D eigenvalue weighted by molar-refractivity contribution is 0.288. The van der Waals surface area contributed by atoms with E-state index in [1.54, 1.807) is 6.07 Å². The highest BCUT2D eigenvalue weighted by Gasteiger charge is 2.18. The zero-order valence-corrected chi connectivity index (χ0v) is 12.9. The normalized spacial score (nSPS) is 15.3. The van der Waals surface area contributed by atoms with Gasteiger partial charge in [-0.25, -0.2) is 4.39 Å². The maximum atomic E-state index is 14.1. The van der Waals surface area contributed by atoms with Crippen LogP contribution in [0.4, 0.5) is 4.39 Å². The van der Waals surface area contributed by atoms with Crippen LogP contribution in [0.1, 0.15) is 33.5 Å². The molecule has 0 saturated heterocycles. The molecule has 3 rings (SSSR count). The average molecular weight is 335 g/mol. The van der Waals surface area contributed by atoms with Gasteiger partial charge in [-0.3, -0.25) is 0 Å². The Morgan fingerprint density at radius 3 is 2.85 bits per heavy atom. The lowest BCUT2D eigenvalue weighted by Crippen LogP contribution is -2.09. The second kappa shape index (κ2) is 5.57. The molecule has 20 heavy (non-hydrogen) atoms. The molecule has 2 aromatic carbocycles. The first-order chi connectivity index (χ1) is 9.65. The minimum Gasteiger partial charge on any atom is -0.493 e. The molecule has 1 aliphatic heterocycles. The largest absolute Gasteiger partial charge is 0.493 e. The summed E-state index contributed by atoms with van der Waals surface area (Å²) in [5.74, 6) is 0.796. The molecular weight excluding hydrogens is 319 g/mol. The third kappa shape index (κ3) is 2.59. The molecule has 1 aliphatic rings. The molecule has 0 aromatic heterocycles. The summed E-state index contributed by atoms with van der Waals surface area (Å²) < 4.78 is 19.7. The Kier molecular flexibility index (Phi) is 3.79. The molecule has 0 saturated carbocycles. The van der Waals surface area contributed by atoms with Crippen LogP contribution < -0.4 is 4.74 Å². The molecular formula is C17H16BrFO. The van der Waals surface area contributed by atoms with E-state index in [9.17, 15) is 4.39 Å². The molecule has 104 valence electrons. The molecule has 1 unspecified atom stereocenters. The number of benzene rings is 2. The molecule has 1 heterocycles. The number of aryl methyl sites for hydroxylation is 2. The topological polar surface area (TPSA) is 9.23 Å². The Hall–Kier alpha value is -1.35. The Morgan fingerprint density at radius 1 is 1.20 bits per heavy atom. The zero-order valence-electron chi connectivity index (χ0n) is 11.3. The monoisotopic (exact) mass is 334 g/mol. The summed E-state index contributed by atoms with van der Waals surface area (Å²) in [7, 11) is 0. The molecule has 1 atom stereocenters. The van der Waals surface area contributed by atoms with Gasteiger partial charge in [-0.15, -0.1) is 0 Å². The standard InChI is InChI=1S/C17H16BrFO/c1-11-4-6-14(15(19)9-11)17(18)13-5-7-16-12(10-13)3-2-8-20-16/h4-7,9-10,17H,2-3,8H2,1H3. The van der Waals surface area contributed by atoms with E-state index in [4.69, 9.17) is 4.74 Å². The Morgan fingerprint density at radius 2 is 2.05 bits per heavy atom. The molecule has 0 N–H and O–H groups in total. The van der Waals surface area contributed by atoms with Crippen molar-refractivity contribution in [3.05, 3.63) is 64.5 Å². The summed E-state index contributed by atoms with van der Waals surface area (Å²) in [6, 6.07) is 11.5. The second-order valence-electron chi connectivity index (χ2n) is 5.21. The first kappa shape index (κ1) is 13.6. The van der Waals surface area contributed by atoms with Crippen LogP contribution >= 0.6 is 15.9 Å². The molecule has 0 radical (unpaired) electrons. The van der Waals surface area contributed by atoms with Gasteiger partial charge in [0.15, 0.2) is 0 Å². The van der Waals surface area contributed by atoms with Crippen molar-refractivity contribution in [2.75, 3.05) is 6.61 Å².